The highest BCUT2D eigenvalue weighted by Crippen LogP contribution is 2.33. The van der Waals surface area contributed by atoms with E-state index in [0.29, 0.717) is 6.42 Å². The molecule has 0 N–H and O–H groups in total. The summed E-state index contributed by atoms with van der Waals surface area (Å²) in [5.74, 6) is 0.0878. The summed E-state index contributed by atoms with van der Waals surface area (Å²) in [6, 6.07) is 3.26. The topological polar surface area (TPSA) is 26.3 Å². The summed E-state index contributed by atoms with van der Waals surface area (Å²) in [7, 11) is 0. The van der Waals surface area contributed by atoms with Crippen molar-refractivity contribution in [3.8, 4) is 5.75 Å². The van der Waals surface area contributed by atoms with Crippen LogP contribution >= 0.6 is 0 Å². The molecular weight excluding hydrogens is 233 g/mol. The minimum atomic E-state index is -4.56. The molecule has 0 aromatic heterocycles. The average molecular weight is 244 g/mol. The molecular formula is C12H11F3O2. The van der Waals surface area contributed by atoms with Crippen LogP contribution in [0.15, 0.2) is 30.9 Å². The molecule has 0 aliphatic carbocycles. The summed E-state index contributed by atoms with van der Waals surface area (Å²) in [5, 5.41) is 0. The van der Waals surface area contributed by atoms with Crippen molar-refractivity contribution in [2.24, 2.45) is 0 Å². The van der Waals surface area contributed by atoms with Gasteiger partial charge in [0.05, 0.1) is 12.2 Å². The zero-order valence-electron chi connectivity index (χ0n) is 8.96. The Hall–Kier alpha value is -1.78. The Labute approximate surface area is 96.7 Å². The molecule has 5 heteroatoms. The first kappa shape index (κ1) is 13.3. The van der Waals surface area contributed by atoms with Crippen LogP contribution < -0.4 is 4.74 Å². The molecule has 0 atom stereocenters. The van der Waals surface area contributed by atoms with E-state index in [-0.39, 0.29) is 18.6 Å². The molecule has 0 unspecified atom stereocenters. The van der Waals surface area contributed by atoms with Gasteiger partial charge in [-0.25, -0.2) is 0 Å². The molecule has 0 heterocycles. The summed E-state index contributed by atoms with van der Waals surface area (Å²) in [4.78, 5) is 10.5. The highest BCUT2D eigenvalue weighted by molar-refractivity contribution is 5.78. The summed E-state index contributed by atoms with van der Waals surface area (Å²) in [5.41, 5.74) is -1.38. The molecule has 0 aliphatic rings. The van der Waals surface area contributed by atoms with Crippen LogP contribution in [0.3, 0.4) is 0 Å². The molecule has 0 aliphatic heterocycles. The Morgan fingerprint density at radius 3 is 2.59 bits per heavy atom. The molecule has 0 saturated heterocycles. The van der Waals surface area contributed by atoms with E-state index in [9.17, 15) is 18.0 Å². The minimum absolute atomic E-state index is 0.0878. The number of halogens is 3. The van der Waals surface area contributed by atoms with Gasteiger partial charge in [0.1, 0.15) is 5.75 Å². The van der Waals surface area contributed by atoms with E-state index in [1.807, 2.05) is 0 Å². The van der Waals surface area contributed by atoms with Crippen molar-refractivity contribution >= 4 is 6.29 Å². The molecule has 0 amide bonds. The van der Waals surface area contributed by atoms with Crippen molar-refractivity contribution in [1.29, 1.82) is 0 Å². The summed E-state index contributed by atoms with van der Waals surface area (Å²) >= 11 is 0. The number of carbonyl (C=O) groups excluding carboxylic acids is 1. The van der Waals surface area contributed by atoms with Crippen molar-refractivity contribution in [3.63, 3.8) is 0 Å². The lowest BCUT2D eigenvalue weighted by atomic mass is 10.1. The maximum absolute atomic E-state index is 12.6. The third kappa shape index (κ3) is 3.62. The number of carbonyl (C=O) groups is 1. The highest BCUT2D eigenvalue weighted by Gasteiger charge is 2.33. The zero-order valence-corrected chi connectivity index (χ0v) is 8.96. The van der Waals surface area contributed by atoms with Gasteiger partial charge in [0.15, 0.2) is 6.29 Å². The van der Waals surface area contributed by atoms with Crippen LogP contribution in [0, 0.1) is 0 Å². The molecule has 1 aromatic rings. The highest BCUT2D eigenvalue weighted by atomic mass is 19.4. The Balaban J connectivity index is 2.97. The quantitative estimate of drug-likeness (QED) is 0.450. The molecule has 0 bridgehead atoms. The van der Waals surface area contributed by atoms with Crippen LogP contribution in [0.4, 0.5) is 13.2 Å². The maximum Gasteiger partial charge on any atom is 0.417 e. The molecule has 17 heavy (non-hydrogen) atoms. The number of alkyl halides is 3. The Bertz CT molecular complexity index is 411. The molecule has 92 valence electrons. The first-order chi connectivity index (χ1) is 7.99. The summed E-state index contributed by atoms with van der Waals surface area (Å²) < 4.78 is 42.8. The van der Waals surface area contributed by atoms with Crippen molar-refractivity contribution in [2.45, 2.75) is 12.6 Å². The summed E-state index contributed by atoms with van der Waals surface area (Å²) in [6.45, 7) is 3.72. The summed E-state index contributed by atoms with van der Waals surface area (Å²) in [6.07, 6.45) is -2.24. The van der Waals surface area contributed by atoms with Gasteiger partial charge in [0.2, 0.25) is 0 Å². The Morgan fingerprint density at radius 2 is 2.06 bits per heavy atom. The van der Waals surface area contributed by atoms with Crippen LogP contribution in [0.25, 0.3) is 0 Å². The smallest absolute Gasteiger partial charge is 0.417 e. The van der Waals surface area contributed by atoms with Crippen LogP contribution in [0.5, 0.6) is 5.75 Å². The van der Waals surface area contributed by atoms with Gasteiger partial charge in [-0.2, -0.15) is 13.2 Å². The van der Waals surface area contributed by atoms with Crippen molar-refractivity contribution in [1.82, 2.24) is 0 Å². The van der Waals surface area contributed by atoms with Gasteiger partial charge in [0.25, 0.3) is 0 Å². The number of rotatable bonds is 5. The number of ether oxygens (including phenoxy) is 1. The van der Waals surface area contributed by atoms with Crippen LogP contribution in [-0.4, -0.2) is 12.9 Å². The molecule has 1 rings (SSSR count). The third-order valence-electron chi connectivity index (χ3n) is 2.05. The molecule has 0 saturated carbocycles. The Morgan fingerprint density at radius 1 is 1.35 bits per heavy atom. The van der Waals surface area contributed by atoms with E-state index in [1.54, 1.807) is 6.08 Å². The number of hydrogen-bond donors (Lipinski definition) is 0. The SMILES string of the molecule is C=CCCOc1ccc(C=O)c(C(F)(F)F)c1. The van der Waals surface area contributed by atoms with E-state index in [0.717, 1.165) is 12.1 Å². The van der Waals surface area contributed by atoms with Crippen LogP contribution in [-0.2, 0) is 6.18 Å². The van der Waals surface area contributed by atoms with Gasteiger partial charge in [-0.1, -0.05) is 6.08 Å². The minimum Gasteiger partial charge on any atom is -0.493 e. The molecule has 2 nitrogen and oxygen atoms in total. The maximum atomic E-state index is 12.6. The predicted molar refractivity (Wildman–Crippen MR) is 57.1 cm³/mol. The van der Waals surface area contributed by atoms with Gasteiger partial charge >= 0.3 is 6.18 Å². The van der Waals surface area contributed by atoms with Gasteiger partial charge < -0.3 is 4.74 Å². The largest absolute Gasteiger partial charge is 0.493 e. The van der Waals surface area contributed by atoms with E-state index in [2.05, 4.69) is 6.58 Å². The second-order valence-electron chi connectivity index (χ2n) is 3.29. The average Bonchev–Trinajstić information content (AvgIpc) is 2.28. The van der Waals surface area contributed by atoms with Crippen molar-refractivity contribution in [3.05, 3.63) is 42.0 Å². The van der Waals surface area contributed by atoms with Crippen LogP contribution in [0.1, 0.15) is 22.3 Å². The molecule has 0 radical (unpaired) electrons. The molecule has 1 aromatic carbocycles. The van der Waals surface area contributed by atoms with Gasteiger partial charge in [-0.3, -0.25) is 4.79 Å². The van der Waals surface area contributed by atoms with Gasteiger partial charge in [0, 0.05) is 5.56 Å². The van der Waals surface area contributed by atoms with E-state index in [4.69, 9.17) is 4.74 Å². The van der Waals surface area contributed by atoms with E-state index >= 15 is 0 Å². The lowest BCUT2D eigenvalue weighted by Gasteiger charge is -2.11. The number of hydrogen-bond acceptors (Lipinski definition) is 2. The normalized spacial score (nSPS) is 11.0. The van der Waals surface area contributed by atoms with E-state index in [1.165, 1.54) is 6.07 Å². The predicted octanol–water partition coefficient (Wildman–Crippen LogP) is 3.47. The number of benzene rings is 1. The van der Waals surface area contributed by atoms with Crippen molar-refractivity contribution in [2.75, 3.05) is 6.61 Å². The molecule has 0 fully saturated rings. The third-order valence-corrected chi connectivity index (χ3v) is 2.05. The molecule has 0 spiro atoms. The van der Waals surface area contributed by atoms with Gasteiger partial charge in [-0.05, 0) is 24.6 Å². The monoisotopic (exact) mass is 244 g/mol. The fourth-order valence-corrected chi connectivity index (χ4v) is 1.23. The van der Waals surface area contributed by atoms with E-state index < -0.39 is 17.3 Å². The van der Waals surface area contributed by atoms with Gasteiger partial charge in [-0.15, -0.1) is 6.58 Å². The lowest BCUT2D eigenvalue weighted by molar-refractivity contribution is -0.137. The first-order valence-corrected chi connectivity index (χ1v) is 4.89. The fourth-order valence-electron chi connectivity index (χ4n) is 1.23. The lowest BCUT2D eigenvalue weighted by Crippen LogP contribution is -2.09. The standard InChI is InChI=1S/C12H11F3O2/c1-2-3-6-17-10-5-4-9(8-16)11(7-10)12(13,14)15/h2,4-5,7-8H,1,3,6H2. The second-order valence-corrected chi connectivity index (χ2v) is 3.29. The Kier molecular flexibility index (Phi) is 4.31. The second kappa shape index (κ2) is 5.52. The fraction of sp³-hybridized carbons (Fsp3) is 0.250. The first-order valence-electron chi connectivity index (χ1n) is 4.89. The zero-order chi connectivity index (χ0) is 12.9. The number of aldehydes is 1. The van der Waals surface area contributed by atoms with Crippen molar-refractivity contribution < 1.29 is 22.7 Å². The van der Waals surface area contributed by atoms with Crippen LogP contribution in [0.2, 0.25) is 0 Å².